The molecule has 1 aromatic heterocycles. The van der Waals surface area contributed by atoms with Gasteiger partial charge in [0.25, 0.3) is 0 Å². The first-order valence-corrected chi connectivity index (χ1v) is 6.54. The van der Waals surface area contributed by atoms with E-state index in [-0.39, 0.29) is 5.82 Å². The van der Waals surface area contributed by atoms with E-state index in [9.17, 15) is 4.39 Å². The number of hydrogen-bond acceptors (Lipinski definition) is 2. The first-order valence-electron chi connectivity index (χ1n) is 6.54. The molecular weight excluding hydrogens is 241 g/mol. The van der Waals surface area contributed by atoms with Gasteiger partial charge >= 0.3 is 0 Å². The molecule has 0 atom stereocenters. The molecule has 1 heterocycles. The number of benzene rings is 1. The van der Waals surface area contributed by atoms with Gasteiger partial charge < -0.3 is 5.32 Å². The average molecular weight is 261 g/mol. The molecule has 102 valence electrons. The smallest absolute Gasteiger partial charge is 0.123 e. The lowest BCUT2D eigenvalue weighted by atomic mass is 10.1. The fraction of sp³-hybridized carbons (Fsp3) is 0.400. The lowest BCUT2D eigenvalue weighted by molar-refractivity contribution is 0.619. The van der Waals surface area contributed by atoms with Gasteiger partial charge in [0.15, 0.2) is 0 Å². The quantitative estimate of drug-likeness (QED) is 0.896. The summed E-state index contributed by atoms with van der Waals surface area (Å²) >= 11 is 0. The maximum absolute atomic E-state index is 13.0. The number of nitrogens with one attached hydrogen (secondary N) is 1. The molecule has 4 heteroatoms. The Balaban J connectivity index is 1.96. The summed E-state index contributed by atoms with van der Waals surface area (Å²) in [4.78, 5) is 0. The normalized spacial score (nSPS) is 11.2. The Kier molecular flexibility index (Phi) is 4.32. The Bertz CT molecular complexity index is 546. The largest absolute Gasteiger partial charge is 0.308 e. The fourth-order valence-electron chi connectivity index (χ4n) is 2.17. The van der Waals surface area contributed by atoms with Crippen LogP contribution in [0.5, 0.6) is 0 Å². The van der Waals surface area contributed by atoms with Crippen molar-refractivity contribution in [2.75, 3.05) is 0 Å². The van der Waals surface area contributed by atoms with E-state index in [2.05, 4.69) is 24.3 Å². The summed E-state index contributed by atoms with van der Waals surface area (Å²) in [6, 6.07) is 6.67. The second kappa shape index (κ2) is 5.97. The third-order valence-electron chi connectivity index (χ3n) is 3.02. The van der Waals surface area contributed by atoms with E-state index < -0.39 is 0 Å². The van der Waals surface area contributed by atoms with E-state index in [0.29, 0.717) is 12.5 Å². The van der Waals surface area contributed by atoms with E-state index in [1.807, 2.05) is 24.0 Å². The highest BCUT2D eigenvalue weighted by atomic mass is 19.1. The number of aromatic nitrogens is 2. The van der Waals surface area contributed by atoms with Crippen molar-refractivity contribution in [3.63, 3.8) is 0 Å². The van der Waals surface area contributed by atoms with Crippen molar-refractivity contribution in [2.45, 2.75) is 32.9 Å². The van der Waals surface area contributed by atoms with Gasteiger partial charge in [-0.2, -0.15) is 5.10 Å². The minimum absolute atomic E-state index is 0.191. The van der Waals surface area contributed by atoms with Crippen LogP contribution in [0.2, 0.25) is 0 Å². The Morgan fingerprint density at radius 1 is 1.32 bits per heavy atom. The molecule has 0 radical (unpaired) electrons. The minimum Gasteiger partial charge on any atom is -0.308 e. The Hall–Kier alpha value is -1.68. The summed E-state index contributed by atoms with van der Waals surface area (Å²) < 4.78 is 14.9. The second-order valence-electron chi connectivity index (χ2n) is 5.10. The lowest BCUT2D eigenvalue weighted by Crippen LogP contribution is -2.13. The standard InChI is InChI=1S/C15H20FN3/c1-11(2)15-13(10-19(3)18-15)9-17-8-12-5-4-6-14(16)7-12/h4-7,10-11,17H,8-9H2,1-3H3. The predicted octanol–water partition coefficient (Wildman–Crippen LogP) is 2.97. The molecule has 0 saturated carbocycles. The summed E-state index contributed by atoms with van der Waals surface area (Å²) in [5.41, 5.74) is 3.28. The second-order valence-corrected chi connectivity index (χ2v) is 5.10. The van der Waals surface area contributed by atoms with Gasteiger partial charge in [-0.3, -0.25) is 4.68 Å². The molecule has 0 aliphatic heterocycles. The fourth-order valence-corrected chi connectivity index (χ4v) is 2.17. The Morgan fingerprint density at radius 3 is 2.79 bits per heavy atom. The van der Waals surface area contributed by atoms with Crippen molar-refractivity contribution in [2.24, 2.45) is 7.05 Å². The number of rotatable bonds is 5. The highest BCUT2D eigenvalue weighted by Crippen LogP contribution is 2.17. The SMILES string of the molecule is CC(C)c1nn(C)cc1CNCc1cccc(F)c1. The zero-order valence-corrected chi connectivity index (χ0v) is 11.7. The van der Waals surface area contributed by atoms with Gasteiger partial charge in [-0.1, -0.05) is 26.0 Å². The number of nitrogens with zero attached hydrogens (tertiary/aromatic N) is 2. The number of hydrogen-bond donors (Lipinski definition) is 1. The average Bonchev–Trinajstić information content (AvgIpc) is 2.71. The summed E-state index contributed by atoms with van der Waals surface area (Å²) in [5, 5.41) is 7.80. The Morgan fingerprint density at radius 2 is 2.11 bits per heavy atom. The van der Waals surface area contributed by atoms with Gasteiger partial charge in [0, 0.05) is 31.9 Å². The van der Waals surface area contributed by atoms with Crippen LogP contribution in [0.4, 0.5) is 4.39 Å². The van der Waals surface area contributed by atoms with Crippen molar-refractivity contribution in [3.05, 3.63) is 53.1 Å². The van der Waals surface area contributed by atoms with Crippen molar-refractivity contribution in [1.29, 1.82) is 0 Å². The van der Waals surface area contributed by atoms with Crippen molar-refractivity contribution < 1.29 is 4.39 Å². The van der Waals surface area contributed by atoms with Crippen LogP contribution in [-0.4, -0.2) is 9.78 Å². The first-order chi connectivity index (χ1) is 9.06. The van der Waals surface area contributed by atoms with Crippen LogP contribution in [0, 0.1) is 5.82 Å². The van der Waals surface area contributed by atoms with Crippen LogP contribution in [-0.2, 0) is 20.1 Å². The molecule has 0 saturated heterocycles. The molecular formula is C15H20FN3. The van der Waals surface area contributed by atoms with Crippen LogP contribution >= 0.6 is 0 Å². The predicted molar refractivity (Wildman–Crippen MR) is 74.2 cm³/mol. The van der Waals surface area contributed by atoms with E-state index in [0.717, 1.165) is 17.8 Å². The molecule has 0 aliphatic carbocycles. The minimum atomic E-state index is -0.191. The summed E-state index contributed by atoms with van der Waals surface area (Å²) in [6.45, 7) is 5.68. The van der Waals surface area contributed by atoms with E-state index in [4.69, 9.17) is 0 Å². The maximum atomic E-state index is 13.0. The molecule has 0 amide bonds. The number of aryl methyl sites for hydroxylation is 1. The van der Waals surface area contributed by atoms with E-state index in [1.54, 1.807) is 12.1 Å². The monoisotopic (exact) mass is 261 g/mol. The van der Waals surface area contributed by atoms with Gasteiger partial charge in [0.05, 0.1) is 5.69 Å². The van der Waals surface area contributed by atoms with Gasteiger partial charge in [0.2, 0.25) is 0 Å². The van der Waals surface area contributed by atoms with Gasteiger partial charge in [0.1, 0.15) is 5.82 Å². The van der Waals surface area contributed by atoms with Gasteiger partial charge in [-0.25, -0.2) is 4.39 Å². The van der Waals surface area contributed by atoms with E-state index in [1.165, 1.54) is 11.6 Å². The molecule has 0 unspecified atom stereocenters. The molecule has 19 heavy (non-hydrogen) atoms. The van der Waals surface area contributed by atoms with Crippen LogP contribution < -0.4 is 5.32 Å². The van der Waals surface area contributed by atoms with Crippen LogP contribution in [0.25, 0.3) is 0 Å². The molecule has 2 aromatic rings. The van der Waals surface area contributed by atoms with Crippen molar-refractivity contribution in [3.8, 4) is 0 Å². The van der Waals surface area contributed by atoms with Gasteiger partial charge in [-0.15, -0.1) is 0 Å². The summed E-state index contributed by atoms with van der Waals surface area (Å²) in [7, 11) is 1.93. The third kappa shape index (κ3) is 3.64. The molecule has 1 aromatic carbocycles. The zero-order valence-electron chi connectivity index (χ0n) is 11.7. The Labute approximate surface area is 113 Å². The van der Waals surface area contributed by atoms with Crippen LogP contribution in [0.1, 0.15) is 36.6 Å². The molecule has 1 N–H and O–H groups in total. The van der Waals surface area contributed by atoms with Crippen LogP contribution in [0.3, 0.4) is 0 Å². The number of halogens is 1. The molecule has 0 fully saturated rings. The summed E-state index contributed by atoms with van der Waals surface area (Å²) in [6.07, 6.45) is 2.04. The lowest BCUT2D eigenvalue weighted by Gasteiger charge is -2.07. The first kappa shape index (κ1) is 13.7. The highest BCUT2D eigenvalue weighted by Gasteiger charge is 2.10. The summed E-state index contributed by atoms with van der Waals surface area (Å²) in [5.74, 6) is 0.218. The van der Waals surface area contributed by atoms with Crippen molar-refractivity contribution in [1.82, 2.24) is 15.1 Å². The third-order valence-corrected chi connectivity index (χ3v) is 3.02. The highest BCUT2D eigenvalue weighted by molar-refractivity contribution is 5.21. The topological polar surface area (TPSA) is 29.9 Å². The van der Waals surface area contributed by atoms with Crippen molar-refractivity contribution >= 4 is 0 Å². The van der Waals surface area contributed by atoms with Crippen LogP contribution in [0.15, 0.2) is 30.5 Å². The molecule has 0 bridgehead atoms. The molecule has 0 aliphatic rings. The van der Waals surface area contributed by atoms with E-state index >= 15 is 0 Å². The zero-order chi connectivity index (χ0) is 13.8. The molecule has 0 spiro atoms. The maximum Gasteiger partial charge on any atom is 0.123 e. The molecule has 3 nitrogen and oxygen atoms in total. The molecule has 2 rings (SSSR count). The van der Waals surface area contributed by atoms with Gasteiger partial charge in [-0.05, 0) is 23.6 Å².